The molecular formula is C21H24BrN3O2. The summed E-state index contributed by atoms with van der Waals surface area (Å²) in [6.07, 6.45) is 2.98. The van der Waals surface area contributed by atoms with Gasteiger partial charge in [-0.15, -0.1) is 0 Å². The molecule has 0 aliphatic carbocycles. The number of nitrogens with zero attached hydrogens (tertiary/aromatic N) is 2. The molecule has 6 heteroatoms. The molecule has 1 saturated heterocycles. The lowest BCUT2D eigenvalue weighted by Gasteiger charge is -2.34. The van der Waals surface area contributed by atoms with Crippen LogP contribution in [0.1, 0.15) is 16.7 Å². The molecule has 2 aromatic rings. The van der Waals surface area contributed by atoms with Crippen LogP contribution in [-0.4, -0.2) is 47.1 Å². The molecular weight excluding hydrogens is 406 g/mol. The molecule has 1 heterocycles. The van der Waals surface area contributed by atoms with Gasteiger partial charge in [0.25, 0.3) is 5.91 Å². The van der Waals surface area contributed by atoms with E-state index in [9.17, 15) is 4.79 Å². The normalized spacial score (nSPS) is 15.9. The summed E-state index contributed by atoms with van der Waals surface area (Å²) in [4.78, 5) is 16.0. The van der Waals surface area contributed by atoms with Crippen molar-refractivity contribution in [3.8, 4) is 0 Å². The largest absolute Gasteiger partial charge is 0.297 e. The maximum absolute atomic E-state index is 11.0. The van der Waals surface area contributed by atoms with Gasteiger partial charge >= 0.3 is 0 Å². The topological polar surface area (TPSA) is 55.8 Å². The van der Waals surface area contributed by atoms with Crippen molar-refractivity contribution in [2.75, 3.05) is 26.2 Å². The molecule has 5 nitrogen and oxygen atoms in total. The Balaban J connectivity index is 1.45. The lowest BCUT2D eigenvalue weighted by molar-refractivity contribution is -0.124. The van der Waals surface area contributed by atoms with Crippen LogP contribution in [-0.2, 0) is 17.9 Å². The van der Waals surface area contributed by atoms with Gasteiger partial charge in [-0.3, -0.25) is 19.8 Å². The van der Waals surface area contributed by atoms with E-state index in [1.165, 1.54) is 17.2 Å². The summed E-state index contributed by atoms with van der Waals surface area (Å²) in [7, 11) is 0. The standard InChI is InChI=1S/C21H24BrN3O2/c22-20-8-5-19(6-9-20)16-25-13-11-24(12-14-25)15-18-3-1-17(2-4-18)7-10-21(26)23-27/h1-10,27H,11-16H2,(H,23,26). The van der Waals surface area contributed by atoms with Gasteiger partial charge in [0.15, 0.2) is 0 Å². The summed E-state index contributed by atoms with van der Waals surface area (Å²) in [5, 5.41) is 8.49. The van der Waals surface area contributed by atoms with Crippen LogP contribution in [0.2, 0.25) is 0 Å². The average molecular weight is 430 g/mol. The van der Waals surface area contributed by atoms with Crippen LogP contribution in [0.25, 0.3) is 6.08 Å². The van der Waals surface area contributed by atoms with Crippen molar-refractivity contribution in [3.05, 3.63) is 75.8 Å². The maximum Gasteiger partial charge on any atom is 0.267 e. The highest BCUT2D eigenvalue weighted by Crippen LogP contribution is 2.15. The molecule has 1 aliphatic heterocycles. The second kappa shape index (κ2) is 9.80. The molecule has 1 amide bonds. The van der Waals surface area contributed by atoms with Gasteiger partial charge in [0.1, 0.15) is 0 Å². The first-order valence-corrected chi connectivity index (χ1v) is 9.82. The monoisotopic (exact) mass is 429 g/mol. The Kier molecular flexibility index (Phi) is 7.18. The maximum atomic E-state index is 11.0. The van der Waals surface area contributed by atoms with Gasteiger partial charge in [0, 0.05) is 49.8 Å². The second-order valence-electron chi connectivity index (χ2n) is 6.73. The second-order valence-corrected chi connectivity index (χ2v) is 7.65. The zero-order valence-electron chi connectivity index (χ0n) is 15.1. The van der Waals surface area contributed by atoms with Gasteiger partial charge in [0.2, 0.25) is 0 Å². The van der Waals surface area contributed by atoms with Crippen LogP contribution < -0.4 is 5.48 Å². The number of halogens is 1. The van der Waals surface area contributed by atoms with Crippen LogP contribution in [0.4, 0.5) is 0 Å². The first-order valence-electron chi connectivity index (χ1n) is 9.02. The first-order chi connectivity index (χ1) is 13.1. The summed E-state index contributed by atoms with van der Waals surface area (Å²) in [6, 6.07) is 16.7. The van der Waals surface area contributed by atoms with E-state index in [4.69, 9.17) is 5.21 Å². The van der Waals surface area contributed by atoms with E-state index in [2.05, 4.69) is 62.1 Å². The molecule has 0 aromatic heterocycles. The minimum absolute atomic E-state index is 0.528. The van der Waals surface area contributed by atoms with E-state index in [-0.39, 0.29) is 0 Å². The predicted octanol–water partition coefficient (Wildman–Crippen LogP) is 3.29. The summed E-state index contributed by atoms with van der Waals surface area (Å²) in [6.45, 7) is 6.22. The Hall–Kier alpha value is -1.99. The Morgan fingerprint density at radius 3 is 1.89 bits per heavy atom. The van der Waals surface area contributed by atoms with Gasteiger partial charge in [-0.05, 0) is 34.9 Å². The van der Waals surface area contributed by atoms with E-state index in [1.807, 2.05) is 12.1 Å². The lowest BCUT2D eigenvalue weighted by atomic mass is 10.1. The highest BCUT2D eigenvalue weighted by Gasteiger charge is 2.17. The molecule has 142 valence electrons. The third-order valence-corrected chi connectivity index (χ3v) is 5.24. The van der Waals surface area contributed by atoms with Crippen LogP contribution >= 0.6 is 15.9 Å². The van der Waals surface area contributed by atoms with E-state index >= 15 is 0 Å². The number of amides is 1. The summed E-state index contributed by atoms with van der Waals surface area (Å²) >= 11 is 3.48. The van der Waals surface area contributed by atoms with E-state index in [1.54, 1.807) is 11.6 Å². The van der Waals surface area contributed by atoms with Crippen molar-refractivity contribution in [1.29, 1.82) is 0 Å². The molecule has 2 N–H and O–H groups in total. The SMILES string of the molecule is O=C(C=Cc1ccc(CN2CCN(Cc3ccc(Br)cc3)CC2)cc1)NO. The number of hydrogen-bond acceptors (Lipinski definition) is 4. The Labute approximate surface area is 168 Å². The Bertz CT molecular complexity index is 767. The zero-order chi connectivity index (χ0) is 19.1. The lowest BCUT2D eigenvalue weighted by Crippen LogP contribution is -2.45. The molecule has 0 radical (unpaired) electrons. The van der Waals surface area contributed by atoms with Crippen LogP contribution in [0.15, 0.2) is 59.1 Å². The molecule has 0 atom stereocenters. The smallest absolute Gasteiger partial charge is 0.267 e. The fraction of sp³-hybridized carbons (Fsp3) is 0.286. The molecule has 2 aromatic carbocycles. The third-order valence-electron chi connectivity index (χ3n) is 4.71. The fourth-order valence-electron chi connectivity index (χ4n) is 3.16. The van der Waals surface area contributed by atoms with E-state index in [0.717, 1.165) is 49.3 Å². The molecule has 27 heavy (non-hydrogen) atoms. The number of hydroxylamine groups is 1. The van der Waals surface area contributed by atoms with E-state index in [0.29, 0.717) is 0 Å². The van der Waals surface area contributed by atoms with Crippen molar-refractivity contribution >= 4 is 27.9 Å². The fourth-order valence-corrected chi connectivity index (χ4v) is 3.42. The van der Waals surface area contributed by atoms with Crippen LogP contribution in [0.3, 0.4) is 0 Å². The summed E-state index contributed by atoms with van der Waals surface area (Å²) in [5.41, 5.74) is 5.13. The third kappa shape index (κ3) is 6.29. The highest BCUT2D eigenvalue weighted by atomic mass is 79.9. The molecule has 0 unspecified atom stereocenters. The molecule has 0 saturated carbocycles. The summed E-state index contributed by atoms with van der Waals surface area (Å²) < 4.78 is 1.12. The number of piperazine rings is 1. The van der Waals surface area contributed by atoms with Crippen LogP contribution in [0, 0.1) is 0 Å². The minimum atomic E-state index is -0.528. The van der Waals surface area contributed by atoms with Crippen LogP contribution in [0.5, 0.6) is 0 Å². The van der Waals surface area contributed by atoms with Gasteiger partial charge in [-0.1, -0.05) is 52.3 Å². The number of hydrogen-bond donors (Lipinski definition) is 2. The number of carbonyl (C=O) groups excluding carboxylic acids is 1. The number of benzene rings is 2. The van der Waals surface area contributed by atoms with Gasteiger partial charge in [0.05, 0.1) is 0 Å². The Morgan fingerprint density at radius 2 is 1.41 bits per heavy atom. The Morgan fingerprint density at radius 1 is 0.926 bits per heavy atom. The molecule has 0 bridgehead atoms. The molecule has 1 aliphatic rings. The van der Waals surface area contributed by atoms with Crippen molar-refractivity contribution in [3.63, 3.8) is 0 Å². The van der Waals surface area contributed by atoms with Crippen molar-refractivity contribution in [2.24, 2.45) is 0 Å². The highest BCUT2D eigenvalue weighted by molar-refractivity contribution is 9.10. The van der Waals surface area contributed by atoms with Gasteiger partial charge in [-0.25, -0.2) is 5.48 Å². The van der Waals surface area contributed by atoms with Crippen molar-refractivity contribution < 1.29 is 10.0 Å². The number of carbonyl (C=O) groups is 1. The minimum Gasteiger partial charge on any atom is -0.297 e. The molecule has 0 spiro atoms. The van der Waals surface area contributed by atoms with E-state index < -0.39 is 5.91 Å². The van der Waals surface area contributed by atoms with Crippen molar-refractivity contribution in [1.82, 2.24) is 15.3 Å². The molecule has 3 rings (SSSR count). The first kappa shape index (κ1) is 19.8. The molecule has 1 fully saturated rings. The zero-order valence-corrected chi connectivity index (χ0v) is 16.7. The average Bonchev–Trinajstić information content (AvgIpc) is 2.70. The predicted molar refractivity (Wildman–Crippen MR) is 110 cm³/mol. The van der Waals surface area contributed by atoms with Gasteiger partial charge in [-0.2, -0.15) is 0 Å². The van der Waals surface area contributed by atoms with Crippen molar-refractivity contribution in [2.45, 2.75) is 13.1 Å². The van der Waals surface area contributed by atoms with Gasteiger partial charge < -0.3 is 0 Å². The number of nitrogens with one attached hydrogen (secondary N) is 1. The quantitative estimate of drug-likeness (QED) is 0.420. The summed E-state index contributed by atoms with van der Waals surface area (Å²) in [5.74, 6) is -0.528. The number of rotatable bonds is 6.